The lowest BCUT2D eigenvalue weighted by molar-refractivity contribution is -0.124. The van der Waals surface area contributed by atoms with Gasteiger partial charge in [0.1, 0.15) is 0 Å². The second-order valence-corrected chi connectivity index (χ2v) is 5.02. The van der Waals surface area contributed by atoms with Crippen molar-refractivity contribution < 1.29 is 9.53 Å². The van der Waals surface area contributed by atoms with Gasteiger partial charge in [-0.3, -0.25) is 9.69 Å². The molecule has 1 aliphatic heterocycles. The van der Waals surface area contributed by atoms with Crippen LogP contribution in [-0.4, -0.2) is 42.6 Å². The molecule has 5 nitrogen and oxygen atoms in total. The maximum absolute atomic E-state index is 12.3. The number of nitrogens with zero attached hydrogens (tertiary/aromatic N) is 2. The van der Waals surface area contributed by atoms with Crippen molar-refractivity contribution in [2.45, 2.75) is 25.9 Å². The van der Waals surface area contributed by atoms with Crippen LogP contribution in [0.15, 0.2) is 24.3 Å². The quantitative estimate of drug-likeness (QED) is 0.908. The van der Waals surface area contributed by atoms with E-state index >= 15 is 0 Å². The zero-order valence-electron chi connectivity index (χ0n) is 11.8. The summed E-state index contributed by atoms with van der Waals surface area (Å²) in [5.74, 6) is -0.0385. The number of hydrogen-bond donors (Lipinski definition) is 1. The van der Waals surface area contributed by atoms with Gasteiger partial charge in [-0.25, -0.2) is 0 Å². The highest BCUT2D eigenvalue weighted by molar-refractivity contribution is 5.94. The fourth-order valence-corrected chi connectivity index (χ4v) is 2.34. The average molecular weight is 273 g/mol. The van der Waals surface area contributed by atoms with Crippen LogP contribution in [0.4, 0.5) is 5.69 Å². The molecule has 1 fully saturated rings. The monoisotopic (exact) mass is 273 g/mol. The van der Waals surface area contributed by atoms with Gasteiger partial charge in [-0.2, -0.15) is 5.26 Å². The van der Waals surface area contributed by atoms with Crippen LogP contribution in [0.2, 0.25) is 0 Å². The lowest BCUT2D eigenvalue weighted by Gasteiger charge is -2.36. The number of carbonyl (C=O) groups is 1. The normalized spacial score (nSPS) is 20.9. The van der Waals surface area contributed by atoms with Crippen molar-refractivity contribution in [2.24, 2.45) is 0 Å². The number of hydrogen-bond acceptors (Lipinski definition) is 4. The maximum Gasteiger partial charge on any atom is 0.241 e. The number of carbonyl (C=O) groups excluding carboxylic acids is 1. The van der Waals surface area contributed by atoms with E-state index in [0.717, 1.165) is 6.54 Å². The Hall–Kier alpha value is -1.90. The lowest BCUT2D eigenvalue weighted by Crippen LogP contribution is -2.52. The molecule has 2 atom stereocenters. The zero-order chi connectivity index (χ0) is 14.5. The number of morpholine rings is 1. The van der Waals surface area contributed by atoms with Gasteiger partial charge in [-0.15, -0.1) is 0 Å². The first-order chi connectivity index (χ1) is 9.61. The highest BCUT2D eigenvalue weighted by Gasteiger charge is 2.28. The summed E-state index contributed by atoms with van der Waals surface area (Å²) in [6, 6.07) is 8.96. The molecule has 0 saturated carbocycles. The van der Waals surface area contributed by atoms with E-state index in [0.29, 0.717) is 24.5 Å². The van der Waals surface area contributed by atoms with E-state index in [1.165, 1.54) is 0 Å². The van der Waals surface area contributed by atoms with Crippen molar-refractivity contribution in [1.29, 1.82) is 5.26 Å². The molecule has 1 N–H and O–H groups in total. The smallest absolute Gasteiger partial charge is 0.241 e. The first kappa shape index (κ1) is 14.5. The van der Waals surface area contributed by atoms with Gasteiger partial charge in [0.25, 0.3) is 0 Å². The minimum atomic E-state index is -0.204. The number of rotatable bonds is 3. The molecule has 5 heteroatoms. The molecule has 1 aliphatic rings. The van der Waals surface area contributed by atoms with E-state index in [2.05, 4.69) is 23.2 Å². The van der Waals surface area contributed by atoms with Gasteiger partial charge in [-0.05, 0) is 38.1 Å². The third-order valence-corrected chi connectivity index (χ3v) is 3.58. The van der Waals surface area contributed by atoms with Gasteiger partial charge in [0.2, 0.25) is 5.91 Å². The number of nitrogens with one attached hydrogen (secondary N) is 1. The van der Waals surface area contributed by atoms with Crippen LogP contribution in [-0.2, 0) is 9.53 Å². The summed E-state index contributed by atoms with van der Waals surface area (Å²) in [6.07, 6.45) is 0. The predicted octanol–water partition coefficient (Wildman–Crippen LogP) is 1.61. The van der Waals surface area contributed by atoms with Crippen molar-refractivity contribution in [2.75, 3.05) is 25.1 Å². The van der Waals surface area contributed by atoms with Crippen molar-refractivity contribution >= 4 is 11.6 Å². The Labute approximate surface area is 119 Å². The Kier molecular flexibility index (Phi) is 4.72. The molecule has 1 heterocycles. The Morgan fingerprint density at radius 3 is 2.80 bits per heavy atom. The number of anilines is 1. The van der Waals surface area contributed by atoms with E-state index in [9.17, 15) is 4.79 Å². The highest BCUT2D eigenvalue weighted by Crippen LogP contribution is 2.14. The van der Waals surface area contributed by atoms with Gasteiger partial charge in [0.15, 0.2) is 0 Å². The summed E-state index contributed by atoms with van der Waals surface area (Å²) in [7, 11) is 0. The fourth-order valence-electron chi connectivity index (χ4n) is 2.34. The number of nitriles is 1. The van der Waals surface area contributed by atoms with Crippen molar-refractivity contribution in [1.82, 2.24) is 4.90 Å². The van der Waals surface area contributed by atoms with Crippen LogP contribution in [0, 0.1) is 11.3 Å². The van der Waals surface area contributed by atoms with E-state index < -0.39 is 0 Å². The van der Waals surface area contributed by atoms with Gasteiger partial charge in [0.05, 0.1) is 30.9 Å². The number of benzene rings is 1. The summed E-state index contributed by atoms with van der Waals surface area (Å²) in [5, 5.41) is 11.6. The van der Waals surface area contributed by atoms with E-state index in [1.54, 1.807) is 24.3 Å². The second kappa shape index (κ2) is 6.51. The molecular formula is C15H19N3O2. The molecule has 0 spiro atoms. The SMILES string of the molecule is CC1COCCN1C(C)C(=O)Nc1ccc(C#N)cc1. The van der Waals surface area contributed by atoms with Gasteiger partial charge in [0, 0.05) is 18.3 Å². The van der Waals surface area contributed by atoms with E-state index in [-0.39, 0.29) is 18.0 Å². The average Bonchev–Trinajstić information content (AvgIpc) is 2.48. The van der Waals surface area contributed by atoms with Gasteiger partial charge in [-0.1, -0.05) is 0 Å². The first-order valence-corrected chi connectivity index (χ1v) is 6.76. The zero-order valence-corrected chi connectivity index (χ0v) is 11.8. The summed E-state index contributed by atoms with van der Waals surface area (Å²) < 4.78 is 5.38. The molecule has 0 bridgehead atoms. The molecule has 1 aromatic carbocycles. The van der Waals surface area contributed by atoms with Gasteiger partial charge < -0.3 is 10.1 Å². The maximum atomic E-state index is 12.3. The summed E-state index contributed by atoms with van der Waals surface area (Å²) in [5.41, 5.74) is 1.29. The minimum Gasteiger partial charge on any atom is -0.379 e. The largest absolute Gasteiger partial charge is 0.379 e. The van der Waals surface area contributed by atoms with Crippen LogP contribution >= 0.6 is 0 Å². The van der Waals surface area contributed by atoms with Crippen molar-refractivity contribution in [3.8, 4) is 6.07 Å². The Morgan fingerprint density at radius 1 is 1.50 bits per heavy atom. The minimum absolute atomic E-state index is 0.0385. The van der Waals surface area contributed by atoms with Crippen molar-refractivity contribution in [3.05, 3.63) is 29.8 Å². The third kappa shape index (κ3) is 3.35. The topological polar surface area (TPSA) is 65.4 Å². The molecule has 2 rings (SSSR count). The first-order valence-electron chi connectivity index (χ1n) is 6.76. The number of ether oxygens (including phenoxy) is 1. The Bertz CT molecular complexity index is 507. The molecule has 1 saturated heterocycles. The van der Waals surface area contributed by atoms with Crippen LogP contribution in [0.3, 0.4) is 0 Å². The molecule has 2 unspecified atom stereocenters. The summed E-state index contributed by atoms with van der Waals surface area (Å²) in [6.45, 7) is 6.06. The van der Waals surface area contributed by atoms with Gasteiger partial charge >= 0.3 is 0 Å². The van der Waals surface area contributed by atoms with Crippen LogP contribution in [0.1, 0.15) is 19.4 Å². The Balaban J connectivity index is 1.98. The predicted molar refractivity (Wildman–Crippen MR) is 76.2 cm³/mol. The molecule has 0 aromatic heterocycles. The van der Waals surface area contributed by atoms with Crippen LogP contribution < -0.4 is 5.32 Å². The molecule has 1 amide bonds. The summed E-state index contributed by atoms with van der Waals surface area (Å²) in [4.78, 5) is 14.4. The molecule has 106 valence electrons. The van der Waals surface area contributed by atoms with Crippen molar-refractivity contribution in [3.63, 3.8) is 0 Å². The molecule has 20 heavy (non-hydrogen) atoms. The standard InChI is InChI=1S/C15H19N3O2/c1-11-10-20-8-7-18(11)12(2)15(19)17-14-5-3-13(9-16)4-6-14/h3-6,11-12H,7-8,10H2,1-2H3,(H,17,19). The highest BCUT2D eigenvalue weighted by atomic mass is 16.5. The summed E-state index contributed by atoms with van der Waals surface area (Å²) >= 11 is 0. The van der Waals surface area contributed by atoms with E-state index in [4.69, 9.17) is 10.00 Å². The van der Waals surface area contributed by atoms with E-state index in [1.807, 2.05) is 6.92 Å². The molecule has 0 radical (unpaired) electrons. The third-order valence-electron chi connectivity index (χ3n) is 3.58. The second-order valence-electron chi connectivity index (χ2n) is 5.02. The Morgan fingerprint density at radius 2 is 2.20 bits per heavy atom. The van der Waals surface area contributed by atoms with Crippen LogP contribution in [0.25, 0.3) is 0 Å². The lowest BCUT2D eigenvalue weighted by atomic mass is 10.1. The molecule has 0 aliphatic carbocycles. The number of amides is 1. The fraction of sp³-hybridized carbons (Fsp3) is 0.467. The molecular weight excluding hydrogens is 254 g/mol. The van der Waals surface area contributed by atoms with Crippen LogP contribution in [0.5, 0.6) is 0 Å². The molecule has 1 aromatic rings.